The highest BCUT2D eigenvalue weighted by Crippen LogP contribution is 1.91. The zero-order valence-electron chi connectivity index (χ0n) is 10.8. The summed E-state index contributed by atoms with van der Waals surface area (Å²) in [5.41, 5.74) is 0. The Morgan fingerprint density at radius 3 is 1.00 bits per heavy atom. The lowest BCUT2D eigenvalue weighted by Gasteiger charge is -1.85. The van der Waals surface area contributed by atoms with Crippen LogP contribution < -0.4 is 0 Å². The van der Waals surface area contributed by atoms with Gasteiger partial charge in [-0.15, -0.1) is 0 Å². The van der Waals surface area contributed by atoms with E-state index in [1.165, 1.54) is 0 Å². The summed E-state index contributed by atoms with van der Waals surface area (Å²) >= 11 is 0. The number of rotatable bonds is 6. The molecule has 0 unspecified atom stereocenters. The molecule has 7 heteroatoms. The van der Waals surface area contributed by atoms with Crippen molar-refractivity contribution in [2.45, 2.75) is 52.4 Å². The minimum Gasteiger partial charge on any atom is -0.481 e. The number of hydrogen-bond donors (Lipinski definition) is 4. The molecule has 0 amide bonds. The Hall–Kier alpha value is -1.79. The Morgan fingerprint density at radius 2 is 0.944 bits per heavy atom. The van der Waals surface area contributed by atoms with Gasteiger partial charge >= 0.3 is 18.1 Å². The van der Waals surface area contributed by atoms with E-state index >= 15 is 0 Å². The molecular weight excluding hydrogens is 244 g/mol. The second-order valence-electron chi connectivity index (χ2n) is 3.28. The van der Waals surface area contributed by atoms with Gasteiger partial charge < -0.3 is 20.4 Å². The van der Waals surface area contributed by atoms with Crippen LogP contribution in [0.5, 0.6) is 0 Å². The molecule has 0 aliphatic carbocycles. The van der Waals surface area contributed by atoms with Crippen LogP contribution in [0.2, 0.25) is 0 Å². The number of unbranched alkanes of at least 4 members (excludes halogenated alkanes) is 2. The molecule has 0 aromatic rings. The van der Waals surface area contributed by atoms with Gasteiger partial charge in [0.05, 0.1) is 0 Å². The predicted molar refractivity (Wildman–Crippen MR) is 65.0 cm³/mol. The molecule has 108 valence electrons. The molecule has 0 heterocycles. The third-order valence-corrected chi connectivity index (χ3v) is 1.49. The highest BCUT2D eigenvalue weighted by atomic mass is 16.6. The van der Waals surface area contributed by atoms with Gasteiger partial charge in [-0.25, -0.2) is 4.79 Å². The second kappa shape index (κ2) is 17.6. The Balaban J connectivity index is -0.000000196. The van der Waals surface area contributed by atoms with Crippen molar-refractivity contribution in [3.05, 3.63) is 0 Å². The van der Waals surface area contributed by atoms with Crippen LogP contribution in [0, 0.1) is 0 Å². The minimum atomic E-state index is -1.83. The van der Waals surface area contributed by atoms with Gasteiger partial charge in [0, 0.05) is 12.8 Å². The maximum Gasteiger partial charge on any atom is 0.503 e. The van der Waals surface area contributed by atoms with Crippen molar-refractivity contribution in [2.24, 2.45) is 0 Å². The molecule has 4 N–H and O–H groups in total. The zero-order valence-corrected chi connectivity index (χ0v) is 10.8. The predicted octanol–water partition coefficient (Wildman–Crippen LogP) is 2.74. The van der Waals surface area contributed by atoms with Crippen LogP contribution in [0.15, 0.2) is 0 Å². The quantitative estimate of drug-likeness (QED) is 0.581. The van der Waals surface area contributed by atoms with Crippen LogP contribution in [0.1, 0.15) is 52.4 Å². The van der Waals surface area contributed by atoms with Crippen molar-refractivity contribution >= 4 is 18.1 Å². The summed E-state index contributed by atoms with van der Waals surface area (Å²) in [6.45, 7) is 3.95. The molecule has 0 aromatic carbocycles. The fraction of sp³-hybridized carbons (Fsp3) is 0.727. The molecule has 0 fully saturated rings. The molecule has 0 saturated heterocycles. The first-order valence-electron chi connectivity index (χ1n) is 5.63. The van der Waals surface area contributed by atoms with Crippen LogP contribution in [-0.4, -0.2) is 38.5 Å². The van der Waals surface area contributed by atoms with Gasteiger partial charge in [-0.1, -0.05) is 26.7 Å². The number of aliphatic carboxylic acids is 2. The Morgan fingerprint density at radius 1 is 0.722 bits per heavy atom. The summed E-state index contributed by atoms with van der Waals surface area (Å²) in [7, 11) is 0. The standard InChI is InChI=1S/2C5H10O2.CH2O3/c2*1-2-3-4-5(6)7;2-1(3)4/h2*2-4H2,1H3,(H,6,7);(H2,2,3,4). The molecule has 0 aliphatic rings. The fourth-order valence-electron chi connectivity index (χ4n) is 0.656. The van der Waals surface area contributed by atoms with Crippen molar-refractivity contribution < 1.29 is 34.8 Å². The smallest absolute Gasteiger partial charge is 0.481 e. The van der Waals surface area contributed by atoms with E-state index in [0.717, 1.165) is 25.7 Å². The third-order valence-electron chi connectivity index (χ3n) is 1.49. The molecule has 18 heavy (non-hydrogen) atoms. The van der Waals surface area contributed by atoms with E-state index in [1.54, 1.807) is 0 Å². The zero-order chi connectivity index (χ0) is 15.0. The van der Waals surface area contributed by atoms with Gasteiger partial charge in [-0.05, 0) is 12.8 Å². The van der Waals surface area contributed by atoms with E-state index in [2.05, 4.69) is 0 Å². The van der Waals surface area contributed by atoms with Crippen molar-refractivity contribution in [1.82, 2.24) is 0 Å². The topological polar surface area (TPSA) is 132 Å². The molecule has 0 atom stereocenters. The van der Waals surface area contributed by atoms with E-state index in [1.807, 2.05) is 13.8 Å². The Labute approximate surface area is 106 Å². The number of hydrogen-bond acceptors (Lipinski definition) is 3. The van der Waals surface area contributed by atoms with E-state index in [0.29, 0.717) is 12.8 Å². The highest BCUT2D eigenvalue weighted by Gasteiger charge is 1.91. The molecular formula is C11H22O7. The van der Waals surface area contributed by atoms with Crippen molar-refractivity contribution in [2.75, 3.05) is 0 Å². The summed E-state index contributed by atoms with van der Waals surface area (Å²) in [6.07, 6.45) is 2.33. The van der Waals surface area contributed by atoms with Crippen LogP contribution in [0.4, 0.5) is 4.79 Å². The number of carboxylic acids is 2. The maximum atomic E-state index is 9.76. The van der Waals surface area contributed by atoms with E-state index in [9.17, 15) is 9.59 Å². The van der Waals surface area contributed by atoms with Crippen LogP contribution in [-0.2, 0) is 9.59 Å². The highest BCUT2D eigenvalue weighted by molar-refractivity contribution is 5.66. The van der Waals surface area contributed by atoms with E-state index in [-0.39, 0.29) is 0 Å². The molecule has 0 radical (unpaired) electrons. The van der Waals surface area contributed by atoms with Gasteiger partial charge in [0.2, 0.25) is 0 Å². The molecule has 7 nitrogen and oxygen atoms in total. The minimum absolute atomic E-state index is 0.316. The third kappa shape index (κ3) is 64.3. The fourth-order valence-corrected chi connectivity index (χ4v) is 0.656. The van der Waals surface area contributed by atoms with Crippen molar-refractivity contribution in [3.63, 3.8) is 0 Å². The number of carboxylic acid groups (broad SMARTS) is 4. The van der Waals surface area contributed by atoms with Gasteiger partial charge in [0.25, 0.3) is 0 Å². The normalized spacial score (nSPS) is 8.11. The number of carbonyl (C=O) groups is 3. The maximum absolute atomic E-state index is 9.76. The lowest BCUT2D eigenvalue weighted by atomic mass is 10.3. The van der Waals surface area contributed by atoms with Gasteiger partial charge in [-0.3, -0.25) is 9.59 Å². The van der Waals surface area contributed by atoms with Crippen molar-refractivity contribution in [1.29, 1.82) is 0 Å². The summed E-state index contributed by atoms with van der Waals surface area (Å²) in [5, 5.41) is 30.0. The molecule has 0 bridgehead atoms. The average Bonchev–Trinajstić information content (AvgIpc) is 2.23. The summed E-state index contributed by atoms with van der Waals surface area (Å²) in [4.78, 5) is 28.1. The molecule has 0 aromatic heterocycles. The Bertz CT molecular complexity index is 203. The molecule has 0 spiro atoms. The van der Waals surface area contributed by atoms with Gasteiger partial charge in [0.1, 0.15) is 0 Å². The van der Waals surface area contributed by atoms with Crippen molar-refractivity contribution in [3.8, 4) is 0 Å². The molecule has 0 rings (SSSR count). The van der Waals surface area contributed by atoms with Gasteiger partial charge in [0.15, 0.2) is 0 Å². The first kappa shape index (κ1) is 21.5. The SMILES string of the molecule is CCCCC(=O)O.CCCCC(=O)O.O=C(O)O. The van der Waals surface area contributed by atoms with Gasteiger partial charge in [-0.2, -0.15) is 0 Å². The summed E-state index contributed by atoms with van der Waals surface area (Å²) in [6, 6.07) is 0. The van der Waals surface area contributed by atoms with Crippen LogP contribution in [0.3, 0.4) is 0 Å². The summed E-state index contributed by atoms with van der Waals surface area (Å²) < 4.78 is 0. The lowest BCUT2D eigenvalue weighted by molar-refractivity contribution is -0.138. The van der Waals surface area contributed by atoms with E-state index < -0.39 is 18.1 Å². The Kier molecular flexibility index (Phi) is 21.0. The second-order valence-corrected chi connectivity index (χ2v) is 3.28. The first-order chi connectivity index (χ1) is 8.27. The van der Waals surface area contributed by atoms with Crippen LogP contribution >= 0.6 is 0 Å². The summed E-state index contributed by atoms with van der Waals surface area (Å²) in [5.74, 6) is -1.39. The molecule has 0 saturated carbocycles. The van der Waals surface area contributed by atoms with E-state index in [4.69, 9.17) is 25.2 Å². The monoisotopic (exact) mass is 266 g/mol. The first-order valence-corrected chi connectivity index (χ1v) is 5.63. The molecule has 0 aliphatic heterocycles. The lowest BCUT2D eigenvalue weighted by Crippen LogP contribution is -1.91. The largest absolute Gasteiger partial charge is 0.503 e. The van der Waals surface area contributed by atoms with Crippen LogP contribution in [0.25, 0.3) is 0 Å². The average molecular weight is 266 g/mol.